The van der Waals surface area contributed by atoms with E-state index in [1.54, 1.807) is 12.4 Å². The van der Waals surface area contributed by atoms with Crippen molar-refractivity contribution >= 4 is 11.9 Å². The molecule has 1 heterocycles. The quantitative estimate of drug-likeness (QED) is 0.789. The molecule has 0 bridgehead atoms. The highest BCUT2D eigenvalue weighted by Gasteiger charge is 2.38. The number of hydrogen-bond donors (Lipinski definition) is 3. The van der Waals surface area contributed by atoms with Crippen molar-refractivity contribution in [1.82, 2.24) is 15.3 Å². The summed E-state index contributed by atoms with van der Waals surface area (Å²) in [5.74, 6) is -2.03. The maximum atomic E-state index is 12.2. The number of nitrogens with one attached hydrogen (secondary N) is 2. The van der Waals surface area contributed by atoms with Gasteiger partial charge in [-0.05, 0) is 25.3 Å². The van der Waals surface area contributed by atoms with Gasteiger partial charge in [-0.3, -0.25) is 4.79 Å². The van der Waals surface area contributed by atoms with E-state index in [1.807, 2.05) is 24.3 Å². The first kappa shape index (κ1) is 18.5. The van der Waals surface area contributed by atoms with Crippen LogP contribution in [0.1, 0.15) is 29.6 Å². The van der Waals surface area contributed by atoms with Crippen molar-refractivity contribution in [3.63, 3.8) is 0 Å². The van der Waals surface area contributed by atoms with E-state index in [0.29, 0.717) is 11.6 Å². The van der Waals surface area contributed by atoms with Gasteiger partial charge in [-0.15, -0.1) is 0 Å². The first-order chi connectivity index (χ1) is 11.8. The molecule has 134 valence electrons. The number of nitrogens with zero attached hydrogens (tertiary/aromatic N) is 1. The van der Waals surface area contributed by atoms with Gasteiger partial charge in [-0.2, -0.15) is 13.2 Å². The van der Waals surface area contributed by atoms with Crippen molar-refractivity contribution in [2.45, 2.75) is 31.5 Å². The number of carboxylic acid groups (broad SMARTS) is 1. The Morgan fingerprint density at radius 2 is 1.88 bits per heavy atom. The number of imidazole rings is 1. The summed E-state index contributed by atoms with van der Waals surface area (Å²) >= 11 is 0. The average Bonchev–Trinajstić information content (AvgIpc) is 3.04. The number of benzene rings is 1. The predicted molar refractivity (Wildman–Crippen MR) is 82.8 cm³/mol. The number of rotatable bonds is 3. The van der Waals surface area contributed by atoms with E-state index in [0.717, 1.165) is 24.2 Å². The maximum absolute atomic E-state index is 12.2. The van der Waals surface area contributed by atoms with E-state index in [-0.39, 0.29) is 5.91 Å². The van der Waals surface area contributed by atoms with Crippen LogP contribution in [0.4, 0.5) is 13.2 Å². The Morgan fingerprint density at radius 3 is 2.36 bits per heavy atom. The third-order valence-electron chi connectivity index (χ3n) is 3.61. The van der Waals surface area contributed by atoms with Crippen LogP contribution in [-0.4, -0.2) is 39.2 Å². The third kappa shape index (κ3) is 5.07. The Morgan fingerprint density at radius 1 is 1.24 bits per heavy atom. The monoisotopic (exact) mass is 355 g/mol. The summed E-state index contributed by atoms with van der Waals surface area (Å²) in [6.07, 6.45) is 1.76. The van der Waals surface area contributed by atoms with Crippen LogP contribution in [0.5, 0.6) is 0 Å². The standard InChI is InChI=1S/C14H15N3O.C2HF3O2/c18-14(17-10-4-3-5-10)12-7-2-1-6-11(12)13-15-8-9-16-13;3-2(4,5)1(6)7/h1-2,6-10H,3-5H2,(H,15,16)(H,17,18);(H,6,7). The molecule has 1 aromatic carbocycles. The second-order valence-corrected chi connectivity index (χ2v) is 5.39. The molecule has 25 heavy (non-hydrogen) atoms. The predicted octanol–water partition coefficient (Wildman–Crippen LogP) is 2.99. The number of alkyl halides is 3. The minimum absolute atomic E-state index is 0.00769. The molecule has 0 spiro atoms. The largest absolute Gasteiger partial charge is 0.490 e. The molecule has 1 aliphatic rings. The zero-order chi connectivity index (χ0) is 18.4. The molecule has 1 amide bonds. The highest BCUT2D eigenvalue weighted by atomic mass is 19.4. The fraction of sp³-hybridized carbons (Fsp3) is 0.312. The van der Waals surface area contributed by atoms with Gasteiger partial charge >= 0.3 is 12.1 Å². The third-order valence-corrected chi connectivity index (χ3v) is 3.61. The summed E-state index contributed by atoms with van der Waals surface area (Å²) in [4.78, 5) is 28.4. The molecule has 0 unspecified atom stereocenters. The molecule has 0 radical (unpaired) electrons. The molecule has 3 rings (SSSR count). The smallest absolute Gasteiger partial charge is 0.475 e. The average molecular weight is 355 g/mol. The molecule has 9 heteroatoms. The number of H-pyrrole nitrogens is 1. The minimum atomic E-state index is -5.08. The molecule has 1 saturated carbocycles. The van der Waals surface area contributed by atoms with Crippen molar-refractivity contribution in [2.24, 2.45) is 0 Å². The first-order valence-corrected chi connectivity index (χ1v) is 7.49. The van der Waals surface area contributed by atoms with Crippen LogP contribution in [0.15, 0.2) is 36.7 Å². The van der Waals surface area contributed by atoms with E-state index < -0.39 is 12.1 Å². The SMILES string of the molecule is O=C(NC1CCC1)c1ccccc1-c1ncc[nH]1.O=C(O)C(F)(F)F. The summed E-state index contributed by atoms with van der Waals surface area (Å²) in [5, 5.41) is 10.2. The van der Waals surface area contributed by atoms with Gasteiger partial charge < -0.3 is 15.4 Å². The van der Waals surface area contributed by atoms with Crippen molar-refractivity contribution in [3.05, 3.63) is 42.2 Å². The summed E-state index contributed by atoms with van der Waals surface area (Å²) in [5.41, 5.74) is 1.53. The van der Waals surface area contributed by atoms with Crippen LogP contribution < -0.4 is 5.32 Å². The molecule has 0 atom stereocenters. The number of hydrogen-bond acceptors (Lipinski definition) is 3. The van der Waals surface area contributed by atoms with Gasteiger partial charge in [0.05, 0.1) is 5.56 Å². The molecule has 1 aromatic heterocycles. The lowest BCUT2D eigenvalue weighted by molar-refractivity contribution is -0.192. The van der Waals surface area contributed by atoms with Gasteiger partial charge in [0.25, 0.3) is 5.91 Å². The van der Waals surface area contributed by atoms with E-state index in [2.05, 4.69) is 15.3 Å². The number of aromatic nitrogens is 2. The van der Waals surface area contributed by atoms with Gasteiger partial charge in [0.15, 0.2) is 0 Å². The normalized spacial score (nSPS) is 14.0. The lowest BCUT2D eigenvalue weighted by Crippen LogP contribution is -2.39. The van der Waals surface area contributed by atoms with E-state index in [1.165, 1.54) is 6.42 Å². The zero-order valence-electron chi connectivity index (χ0n) is 13.0. The van der Waals surface area contributed by atoms with Gasteiger partial charge in [-0.1, -0.05) is 18.2 Å². The van der Waals surface area contributed by atoms with Crippen LogP contribution in [0.3, 0.4) is 0 Å². The minimum Gasteiger partial charge on any atom is -0.475 e. The van der Waals surface area contributed by atoms with Crippen molar-refractivity contribution < 1.29 is 27.9 Å². The first-order valence-electron chi connectivity index (χ1n) is 7.49. The van der Waals surface area contributed by atoms with E-state index >= 15 is 0 Å². The summed E-state index contributed by atoms with van der Waals surface area (Å²) in [6, 6.07) is 7.89. The molecule has 1 fully saturated rings. The summed E-state index contributed by atoms with van der Waals surface area (Å²) < 4.78 is 31.7. The van der Waals surface area contributed by atoms with Crippen LogP contribution in [0.2, 0.25) is 0 Å². The second kappa shape index (κ2) is 7.82. The van der Waals surface area contributed by atoms with Gasteiger partial charge in [-0.25, -0.2) is 9.78 Å². The topological polar surface area (TPSA) is 95.1 Å². The Kier molecular flexibility index (Phi) is 5.79. The Labute approximate surface area is 141 Å². The number of amides is 1. The Hall–Kier alpha value is -2.84. The number of carbonyl (C=O) groups excluding carboxylic acids is 1. The van der Waals surface area contributed by atoms with Crippen LogP contribution in [0.25, 0.3) is 11.4 Å². The molecule has 0 saturated heterocycles. The highest BCUT2D eigenvalue weighted by Crippen LogP contribution is 2.22. The molecular formula is C16H16F3N3O3. The summed E-state index contributed by atoms with van der Waals surface area (Å²) in [6.45, 7) is 0. The zero-order valence-corrected chi connectivity index (χ0v) is 13.0. The lowest BCUT2D eigenvalue weighted by atomic mass is 9.92. The van der Waals surface area contributed by atoms with Crippen LogP contribution >= 0.6 is 0 Å². The van der Waals surface area contributed by atoms with Crippen LogP contribution in [0, 0.1) is 0 Å². The number of carbonyl (C=O) groups is 2. The number of aliphatic carboxylic acids is 1. The molecule has 6 nitrogen and oxygen atoms in total. The number of halogens is 3. The van der Waals surface area contributed by atoms with Gasteiger partial charge in [0, 0.05) is 24.0 Å². The van der Waals surface area contributed by atoms with Crippen molar-refractivity contribution in [1.29, 1.82) is 0 Å². The number of aromatic amines is 1. The van der Waals surface area contributed by atoms with E-state index in [4.69, 9.17) is 9.90 Å². The molecule has 2 aromatic rings. The van der Waals surface area contributed by atoms with Crippen LogP contribution in [-0.2, 0) is 4.79 Å². The fourth-order valence-electron chi connectivity index (χ4n) is 2.12. The molecular weight excluding hydrogens is 339 g/mol. The number of carboxylic acids is 1. The van der Waals surface area contributed by atoms with Crippen molar-refractivity contribution in [2.75, 3.05) is 0 Å². The fourth-order valence-corrected chi connectivity index (χ4v) is 2.12. The lowest BCUT2D eigenvalue weighted by Gasteiger charge is -2.26. The van der Waals surface area contributed by atoms with Crippen molar-refractivity contribution in [3.8, 4) is 11.4 Å². The van der Waals surface area contributed by atoms with Gasteiger partial charge in [0.1, 0.15) is 5.82 Å². The molecule has 3 N–H and O–H groups in total. The van der Waals surface area contributed by atoms with Gasteiger partial charge in [0.2, 0.25) is 0 Å². The molecule has 0 aliphatic heterocycles. The molecule has 1 aliphatic carbocycles. The Balaban J connectivity index is 0.000000277. The highest BCUT2D eigenvalue weighted by molar-refractivity contribution is 6.00. The Bertz CT molecular complexity index is 726. The maximum Gasteiger partial charge on any atom is 0.490 e. The summed E-state index contributed by atoms with van der Waals surface area (Å²) in [7, 11) is 0. The van der Waals surface area contributed by atoms with E-state index in [9.17, 15) is 18.0 Å². The second-order valence-electron chi connectivity index (χ2n) is 5.39.